The van der Waals surface area contributed by atoms with Crippen LogP contribution in [0.15, 0.2) is 24.3 Å². The first-order chi connectivity index (χ1) is 11.9. The van der Waals surface area contributed by atoms with Gasteiger partial charge in [0.25, 0.3) is 0 Å². The molecule has 6 nitrogen and oxygen atoms in total. The Morgan fingerprint density at radius 3 is 2.32 bits per heavy atom. The fourth-order valence-electron chi connectivity index (χ4n) is 3.18. The summed E-state index contributed by atoms with van der Waals surface area (Å²) in [7, 11) is 0. The molecule has 136 valence electrons. The van der Waals surface area contributed by atoms with Crippen LogP contribution in [-0.4, -0.2) is 34.3 Å². The van der Waals surface area contributed by atoms with Gasteiger partial charge in [-0.25, -0.2) is 0 Å². The Balaban J connectivity index is 1.95. The minimum Gasteiger partial charge on any atom is -0.481 e. The Hall–Kier alpha value is -2.37. The van der Waals surface area contributed by atoms with Crippen molar-refractivity contribution in [2.75, 3.05) is 11.9 Å². The molecule has 0 atom stereocenters. The van der Waals surface area contributed by atoms with E-state index in [2.05, 4.69) is 5.32 Å². The molecule has 1 aromatic carbocycles. The quantitative estimate of drug-likeness (QED) is 0.757. The van der Waals surface area contributed by atoms with E-state index in [0.717, 1.165) is 18.5 Å². The highest BCUT2D eigenvalue weighted by atomic mass is 16.4. The van der Waals surface area contributed by atoms with Gasteiger partial charge < -0.3 is 15.3 Å². The molecule has 0 spiro atoms. The van der Waals surface area contributed by atoms with Crippen LogP contribution in [-0.2, 0) is 20.9 Å². The van der Waals surface area contributed by atoms with Crippen LogP contribution in [0, 0.1) is 5.41 Å². The molecule has 0 aromatic heterocycles. The first-order valence-corrected chi connectivity index (χ1v) is 8.80. The second-order valence-corrected chi connectivity index (χ2v) is 6.63. The number of nitrogens with zero attached hydrogens (tertiary/aromatic N) is 1. The SMILES string of the molecule is CCC(CC)(CC(=O)Nc1ccc(CN2CCCC2=O)cc1)C(=O)O. The summed E-state index contributed by atoms with van der Waals surface area (Å²) in [5.74, 6) is -1.05. The fraction of sp³-hybridized carbons (Fsp3) is 0.526. The number of carboxylic acids is 1. The first-order valence-electron chi connectivity index (χ1n) is 8.80. The molecule has 1 aliphatic rings. The molecule has 2 rings (SSSR count). The summed E-state index contributed by atoms with van der Waals surface area (Å²) < 4.78 is 0. The van der Waals surface area contributed by atoms with Crippen LogP contribution in [0.1, 0.15) is 51.5 Å². The van der Waals surface area contributed by atoms with Gasteiger partial charge in [-0.2, -0.15) is 0 Å². The van der Waals surface area contributed by atoms with Gasteiger partial charge >= 0.3 is 5.97 Å². The van der Waals surface area contributed by atoms with E-state index in [4.69, 9.17) is 0 Å². The zero-order valence-corrected chi connectivity index (χ0v) is 14.9. The number of aliphatic carboxylic acids is 1. The van der Waals surface area contributed by atoms with Crippen molar-refractivity contribution >= 4 is 23.5 Å². The Bertz CT molecular complexity index is 635. The highest BCUT2D eigenvalue weighted by molar-refractivity contribution is 5.94. The van der Waals surface area contributed by atoms with E-state index in [9.17, 15) is 19.5 Å². The number of anilines is 1. The number of nitrogens with one attached hydrogen (secondary N) is 1. The zero-order valence-electron chi connectivity index (χ0n) is 14.9. The van der Waals surface area contributed by atoms with Crippen LogP contribution in [0.4, 0.5) is 5.69 Å². The van der Waals surface area contributed by atoms with Gasteiger partial charge in [-0.1, -0.05) is 26.0 Å². The molecule has 0 radical (unpaired) electrons. The number of benzene rings is 1. The van der Waals surface area contributed by atoms with Crippen molar-refractivity contribution in [3.63, 3.8) is 0 Å². The van der Waals surface area contributed by atoms with Gasteiger partial charge in [-0.05, 0) is 37.0 Å². The maximum absolute atomic E-state index is 12.2. The largest absolute Gasteiger partial charge is 0.481 e. The number of carbonyl (C=O) groups excluding carboxylic acids is 2. The second kappa shape index (κ2) is 8.14. The van der Waals surface area contributed by atoms with Crippen molar-refractivity contribution in [1.82, 2.24) is 4.90 Å². The molecule has 2 N–H and O–H groups in total. The lowest BCUT2D eigenvalue weighted by Crippen LogP contribution is -2.34. The monoisotopic (exact) mass is 346 g/mol. The lowest BCUT2D eigenvalue weighted by Gasteiger charge is -2.25. The highest BCUT2D eigenvalue weighted by Gasteiger charge is 2.37. The summed E-state index contributed by atoms with van der Waals surface area (Å²) in [4.78, 5) is 37.2. The smallest absolute Gasteiger partial charge is 0.310 e. The predicted molar refractivity (Wildman–Crippen MR) is 95.0 cm³/mol. The maximum atomic E-state index is 12.2. The lowest BCUT2D eigenvalue weighted by atomic mass is 9.79. The third-order valence-corrected chi connectivity index (χ3v) is 5.09. The maximum Gasteiger partial charge on any atom is 0.310 e. The number of rotatable bonds is 8. The molecule has 1 saturated heterocycles. The van der Waals surface area contributed by atoms with Crippen molar-refractivity contribution < 1.29 is 19.5 Å². The predicted octanol–water partition coefficient (Wildman–Crippen LogP) is 3.03. The Labute approximate surface area is 148 Å². The van der Waals surface area contributed by atoms with E-state index < -0.39 is 11.4 Å². The van der Waals surface area contributed by atoms with Gasteiger partial charge in [-0.15, -0.1) is 0 Å². The number of likely N-dealkylation sites (tertiary alicyclic amines) is 1. The van der Waals surface area contributed by atoms with Gasteiger partial charge in [0.15, 0.2) is 0 Å². The van der Waals surface area contributed by atoms with Crippen molar-refractivity contribution in [2.24, 2.45) is 5.41 Å². The number of carboxylic acid groups (broad SMARTS) is 1. The van der Waals surface area contributed by atoms with Crippen molar-refractivity contribution in [1.29, 1.82) is 0 Å². The second-order valence-electron chi connectivity index (χ2n) is 6.63. The Morgan fingerprint density at radius 1 is 1.20 bits per heavy atom. The fourth-order valence-corrected chi connectivity index (χ4v) is 3.18. The summed E-state index contributed by atoms with van der Waals surface area (Å²) in [6.07, 6.45) is 2.31. The lowest BCUT2D eigenvalue weighted by molar-refractivity contribution is -0.151. The standard InChI is InChI=1S/C19H26N2O4/c1-3-19(4-2,18(24)25)12-16(22)20-15-9-7-14(8-10-15)13-21-11-5-6-17(21)23/h7-10H,3-6,11-13H2,1-2H3,(H,20,22)(H,24,25). The molecule has 1 aromatic rings. The van der Waals surface area contributed by atoms with Crippen LogP contribution >= 0.6 is 0 Å². The number of hydrogen-bond acceptors (Lipinski definition) is 3. The minimum atomic E-state index is -1.01. The summed E-state index contributed by atoms with van der Waals surface area (Å²) in [5, 5.41) is 12.2. The third-order valence-electron chi connectivity index (χ3n) is 5.09. The molecule has 0 aliphatic carbocycles. The van der Waals surface area contributed by atoms with E-state index in [1.807, 2.05) is 17.0 Å². The van der Waals surface area contributed by atoms with Gasteiger partial charge in [-0.3, -0.25) is 14.4 Å². The Kier molecular flexibility index (Phi) is 6.17. The molecule has 0 bridgehead atoms. The van der Waals surface area contributed by atoms with Crippen LogP contribution in [0.5, 0.6) is 0 Å². The van der Waals surface area contributed by atoms with E-state index in [-0.39, 0.29) is 18.2 Å². The van der Waals surface area contributed by atoms with Crippen LogP contribution in [0.2, 0.25) is 0 Å². The molecule has 25 heavy (non-hydrogen) atoms. The van der Waals surface area contributed by atoms with E-state index in [0.29, 0.717) is 31.5 Å². The molecular weight excluding hydrogens is 320 g/mol. The number of hydrogen-bond donors (Lipinski definition) is 2. The topological polar surface area (TPSA) is 86.7 Å². The number of carbonyl (C=O) groups is 3. The average molecular weight is 346 g/mol. The van der Waals surface area contributed by atoms with Crippen LogP contribution < -0.4 is 5.32 Å². The molecule has 0 unspecified atom stereocenters. The Morgan fingerprint density at radius 2 is 1.84 bits per heavy atom. The van der Waals surface area contributed by atoms with E-state index in [1.54, 1.807) is 26.0 Å². The van der Waals surface area contributed by atoms with Gasteiger partial charge in [0.05, 0.1) is 5.41 Å². The molecule has 1 fully saturated rings. The van der Waals surface area contributed by atoms with Crippen LogP contribution in [0.25, 0.3) is 0 Å². The minimum absolute atomic E-state index is 0.0423. The third kappa shape index (κ3) is 4.59. The first kappa shape index (κ1) is 19.0. The van der Waals surface area contributed by atoms with Crippen molar-refractivity contribution in [2.45, 2.75) is 52.5 Å². The number of amides is 2. The van der Waals surface area contributed by atoms with Gasteiger partial charge in [0, 0.05) is 31.6 Å². The summed E-state index contributed by atoms with van der Waals surface area (Å²) in [5.41, 5.74) is 0.628. The molecule has 0 saturated carbocycles. The highest BCUT2D eigenvalue weighted by Crippen LogP contribution is 2.31. The average Bonchev–Trinajstić information content (AvgIpc) is 2.99. The van der Waals surface area contributed by atoms with Crippen molar-refractivity contribution in [3.05, 3.63) is 29.8 Å². The van der Waals surface area contributed by atoms with Gasteiger partial charge in [0.2, 0.25) is 11.8 Å². The summed E-state index contributed by atoms with van der Waals surface area (Å²) in [6, 6.07) is 7.33. The normalized spacial score (nSPS) is 14.6. The van der Waals surface area contributed by atoms with Crippen LogP contribution in [0.3, 0.4) is 0 Å². The zero-order chi connectivity index (χ0) is 18.4. The summed E-state index contributed by atoms with van der Waals surface area (Å²) in [6.45, 7) is 4.96. The molecule has 1 aliphatic heterocycles. The summed E-state index contributed by atoms with van der Waals surface area (Å²) >= 11 is 0. The molecular formula is C19H26N2O4. The molecule has 1 heterocycles. The van der Waals surface area contributed by atoms with Crippen molar-refractivity contribution in [3.8, 4) is 0 Å². The van der Waals surface area contributed by atoms with E-state index in [1.165, 1.54) is 0 Å². The van der Waals surface area contributed by atoms with E-state index >= 15 is 0 Å². The van der Waals surface area contributed by atoms with Gasteiger partial charge in [0.1, 0.15) is 0 Å². The molecule has 2 amide bonds. The molecule has 6 heteroatoms.